The van der Waals surface area contributed by atoms with E-state index in [2.05, 4.69) is 93.7 Å². The molecule has 0 saturated carbocycles. The van der Waals surface area contributed by atoms with Crippen molar-refractivity contribution in [3.05, 3.63) is 72.9 Å². The Morgan fingerprint density at radius 3 is 0.836 bits per heavy atom. The van der Waals surface area contributed by atoms with Crippen LogP contribution in [0.3, 0.4) is 0 Å². The lowest BCUT2D eigenvalue weighted by atomic mass is 10.0. The molecule has 0 aromatic rings. The molecule has 0 bridgehead atoms. The molecule has 0 fully saturated rings. The second-order valence-electron chi connectivity index (χ2n) is 21.0. The number of carbonyl (C=O) groups excluding carboxylic acids is 3. The first-order chi connectivity index (χ1) is 36.0. The Bertz CT molecular complexity index is 1360. The van der Waals surface area contributed by atoms with E-state index in [0.717, 1.165) is 96.3 Å². The summed E-state index contributed by atoms with van der Waals surface area (Å²) in [4.78, 5) is 38.3. The molecule has 0 aliphatic carbocycles. The molecule has 0 radical (unpaired) electrons. The van der Waals surface area contributed by atoms with Crippen molar-refractivity contribution in [2.45, 2.75) is 322 Å². The molecule has 6 heteroatoms. The van der Waals surface area contributed by atoms with Gasteiger partial charge in [-0.2, -0.15) is 0 Å². The first-order valence-corrected chi connectivity index (χ1v) is 31.4. The lowest BCUT2D eigenvalue weighted by Crippen LogP contribution is -2.30. The summed E-state index contributed by atoms with van der Waals surface area (Å²) in [5, 5.41) is 0. The van der Waals surface area contributed by atoms with Gasteiger partial charge in [-0.1, -0.05) is 299 Å². The van der Waals surface area contributed by atoms with Crippen molar-refractivity contribution in [1.29, 1.82) is 0 Å². The Labute approximate surface area is 453 Å². The lowest BCUT2D eigenvalue weighted by Gasteiger charge is -2.18. The Morgan fingerprint density at radius 1 is 0.288 bits per heavy atom. The summed E-state index contributed by atoms with van der Waals surface area (Å²) in [6, 6.07) is 0. The van der Waals surface area contributed by atoms with Crippen LogP contribution in [0.4, 0.5) is 0 Å². The van der Waals surface area contributed by atoms with Crippen LogP contribution >= 0.6 is 0 Å². The van der Waals surface area contributed by atoms with Gasteiger partial charge in [0.2, 0.25) is 0 Å². The van der Waals surface area contributed by atoms with Gasteiger partial charge in [-0.3, -0.25) is 14.4 Å². The standard InChI is InChI=1S/C67H118O6/c1-4-7-10-13-16-19-22-25-28-30-32-33-35-36-39-42-45-48-51-54-57-60-66(69)72-63-64(62-71-65(68)59-56-53-50-47-44-41-38-27-24-21-18-15-12-9-6-3)73-67(70)61-58-55-52-49-46-43-40-37-34-31-29-26-23-20-17-14-11-8-5-2/h7,10,16,19,25,28,32-33,36,39,45,48,64H,4-6,8-9,11-15,17-18,20-24,26-27,29-31,34-35,37-38,40-44,46-47,49-63H2,1-3H3/b10-7-,19-16-,28-25-,33-32-,39-36-,48-45-. The van der Waals surface area contributed by atoms with Crippen LogP contribution in [0.2, 0.25) is 0 Å². The molecule has 1 unspecified atom stereocenters. The number of hydrogen-bond acceptors (Lipinski definition) is 6. The highest BCUT2D eigenvalue weighted by molar-refractivity contribution is 5.71. The summed E-state index contributed by atoms with van der Waals surface area (Å²) in [6.07, 6.45) is 79.0. The van der Waals surface area contributed by atoms with Crippen molar-refractivity contribution in [2.24, 2.45) is 0 Å². The SMILES string of the molecule is CC/C=C\C/C=C\C/C=C\C/C=C\C/C=C\C/C=C\CCCCC(=O)OCC(COC(=O)CCCCCCCCCCCCCCCCC)OC(=O)CCCCCCCCCCCCCCCCCCCCC. The molecule has 0 spiro atoms. The topological polar surface area (TPSA) is 78.9 Å². The summed E-state index contributed by atoms with van der Waals surface area (Å²) in [6.45, 7) is 6.54. The van der Waals surface area contributed by atoms with Crippen LogP contribution in [-0.4, -0.2) is 37.2 Å². The third-order valence-electron chi connectivity index (χ3n) is 13.7. The first kappa shape index (κ1) is 69.8. The molecule has 0 aromatic carbocycles. The molecule has 0 amide bonds. The Morgan fingerprint density at radius 2 is 0.534 bits per heavy atom. The predicted octanol–water partition coefficient (Wildman–Crippen LogP) is 21.3. The van der Waals surface area contributed by atoms with E-state index in [1.165, 1.54) is 180 Å². The van der Waals surface area contributed by atoms with Crippen molar-refractivity contribution in [1.82, 2.24) is 0 Å². The maximum Gasteiger partial charge on any atom is 0.306 e. The molecule has 422 valence electrons. The molecular formula is C67H118O6. The number of ether oxygens (including phenoxy) is 3. The molecule has 6 nitrogen and oxygen atoms in total. The largest absolute Gasteiger partial charge is 0.462 e. The van der Waals surface area contributed by atoms with Crippen LogP contribution in [0, 0.1) is 0 Å². The highest BCUT2D eigenvalue weighted by Crippen LogP contribution is 2.17. The van der Waals surface area contributed by atoms with Crippen LogP contribution in [0.5, 0.6) is 0 Å². The average molecular weight is 1020 g/mol. The second-order valence-corrected chi connectivity index (χ2v) is 21.0. The number of rotatable bonds is 57. The van der Waals surface area contributed by atoms with Crippen molar-refractivity contribution in [3.8, 4) is 0 Å². The van der Waals surface area contributed by atoms with E-state index in [0.29, 0.717) is 19.3 Å². The smallest absolute Gasteiger partial charge is 0.306 e. The molecular weight excluding hydrogens is 901 g/mol. The maximum absolute atomic E-state index is 12.9. The van der Waals surface area contributed by atoms with E-state index in [4.69, 9.17) is 14.2 Å². The quantitative estimate of drug-likeness (QED) is 0.0261. The fraction of sp³-hybridized carbons (Fsp3) is 0.776. The molecule has 0 aliphatic heterocycles. The van der Waals surface area contributed by atoms with Gasteiger partial charge < -0.3 is 14.2 Å². The molecule has 0 rings (SSSR count). The zero-order valence-electron chi connectivity index (χ0n) is 48.4. The number of carbonyl (C=O) groups is 3. The highest BCUT2D eigenvalue weighted by Gasteiger charge is 2.19. The zero-order chi connectivity index (χ0) is 52.9. The van der Waals surface area contributed by atoms with Gasteiger partial charge >= 0.3 is 17.9 Å². The van der Waals surface area contributed by atoms with E-state index in [1.54, 1.807) is 0 Å². The molecule has 0 N–H and O–H groups in total. The van der Waals surface area contributed by atoms with Crippen molar-refractivity contribution >= 4 is 17.9 Å². The fourth-order valence-corrected chi connectivity index (χ4v) is 9.04. The Kier molecular flexibility index (Phi) is 58.7. The van der Waals surface area contributed by atoms with E-state index >= 15 is 0 Å². The third kappa shape index (κ3) is 59.6. The minimum absolute atomic E-state index is 0.0849. The van der Waals surface area contributed by atoms with Gasteiger partial charge in [0.05, 0.1) is 0 Å². The minimum Gasteiger partial charge on any atom is -0.462 e. The van der Waals surface area contributed by atoms with Gasteiger partial charge in [0.1, 0.15) is 13.2 Å². The summed E-state index contributed by atoms with van der Waals surface area (Å²) >= 11 is 0. The normalized spacial score (nSPS) is 12.5. The van der Waals surface area contributed by atoms with Crippen molar-refractivity contribution in [3.63, 3.8) is 0 Å². The summed E-state index contributed by atoms with van der Waals surface area (Å²) < 4.78 is 16.9. The highest BCUT2D eigenvalue weighted by atomic mass is 16.6. The third-order valence-corrected chi connectivity index (χ3v) is 13.7. The van der Waals surface area contributed by atoms with Gasteiger partial charge in [-0.25, -0.2) is 0 Å². The van der Waals surface area contributed by atoms with Gasteiger partial charge in [-0.15, -0.1) is 0 Å². The van der Waals surface area contributed by atoms with Crippen LogP contribution < -0.4 is 0 Å². The van der Waals surface area contributed by atoms with E-state index in [9.17, 15) is 14.4 Å². The number of allylic oxidation sites excluding steroid dienone is 12. The van der Waals surface area contributed by atoms with Gasteiger partial charge in [0.15, 0.2) is 6.10 Å². The van der Waals surface area contributed by atoms with Crippen molar-refractivity contribution < 1.29 is 28.6 Å². The first-order valence-electron chi connectivity index (χ1n) is 31.4. The average Bonchev–Trinajstić information content (AvgIpc) is 3.39. The molecule has 0 aromatic heterocycles. The minimum atomic E-state index is -0.791. The molecule has 0 saturated heterocycles. The monoisotopic (exact) mass is 1020 g/mol. The number of hydrogen-bond donors (Lipinski definition) is 0. The number of unbranched alkanes of at least 4 members (excludes halogenated alkanes) is 34. The van der Waals surface area contributed by atoms with Crippen LogP contribution in [0.1, 0.15) is 316 Å². The summed E-state index contributed by atoms with van der Waals surface area (Å²) in [7, 11) is 0. The van der Waals surface area contributed by atoms with E-state index < -0.39 is 6.10 Å². The van der Waals surface area contributed by atoms with E-state index in [1.807, 2.05) is 0 Å². The molecule has 1 atom stereocenters. The number of esters is 3. The van der Waals surface area contributed by atoms with Crippen LogP contribution in [0.25, 0.3) is 0 Å². The van der Waals surface area contributed by atoms with Crippen LogP contribution in [-0.2, 0) is 28.6 Å². The Balaban J connectivity index is 4.42. The summed E-state index contributed by atoms with van der Waals surface area (Å²) in [5.74, 6) is -0.912. The molecule has 0 heterocycles. The van der Waals surface area contributed by atoms with E-state index in [-0.39, 0.29) is 31.1 Å². The lowest BCUT2D eigenvalue weighted by molar-refractivity contribution is -0.167. The molecule has 73 heavy (non-hydrogen) atoms. The maximum atomic E-state index is 12.9. The predicted molar refractivity (Wildman–Crippen MR) is 316 cm³/mol. The van der Waals surface area contributed by atoms with Gasteiger partial charge in [0.25, 0.3) is 0 Å². The zero-order valence-corrected chi connectivity index (χ0v) is 48.4. The van der Waals surface area contributed by atoms with Crippen LogP contribution in [0.15, 0.2) is 72.9 Å². The Hall–Kier alpha value is -3.15. The van der Waals surface area contributed by atoms with Gasteiger partial charge in [-0.05, 0) is 70.6 Å². The summed E-state index contributed by atoms with van der Waals surface area (Å²) in [5.41, 5.74) is 0. The van der Waals surface area contributed by atoms with Crippen molar-refractivity contribution in [2.75, 3.05) is 13.2 Å². The van der Waals surface area contributed by atoms with Gasteiger partial charge in [0, 0.05) is 19.3 Å². The fourth-order valence-electron chi connectivity index (χ4n) is 9.04. The second kappa shape index (κ2) is 61.4. The molecule has 0 aliphatic rings.